The number of anilines is 1. The van der Waals surface area contributed by atoms with E-state index in [0.29, 0.717) is 5.69 Å². The normalized spacial score (nSPS) is 13.3. The highest BCUT2D eigenvalue weighted by atomic mass is 32.2. The van der Waals surface area contributed by atoms with Crippen LogP contribution in [0.4, 0.5) is 5.69 Å². The average molecular weight is 359 g/mol. The molecule has 23 heavy (non-hydrogen) atoms. The van der Waals surface area contributed by atoms with Gasteiger partial charge in [-0.2, -0.15) is 16.8 Å². The van der Waals surface area contributed by atoms with Gasteiger partial charge in [-0.15, -0.1) is 0 Å². The SMILES string of the molecule is CC(C)(C)Nc1cccc2cc(S(=O)(=O)O)cc(S(=O)(=O)O)c12. The Bertz CT molecular complexity index is 972. The highest BCUT2D eigenvalue weighted by Gasteiger charge is 2.23. The molecule has 0 atom stereocenters. The van der Waals surface area contributed by atoms with Crippen LogP contribution in [0.3, 0.4) is 0 Å². The Labute approximate surface area is 134 Å². The summed E-state index contributed by atoms with van der Waals surface area (Å²) in [5, 5.41) is 3.51. The molecule has 0 aromatic heterocycles. The molecule has 0 aliphatic carbocycles. The van der Waals surface area contributed by atoms with E-state index in [1.165, 1.54) is 6.07 Å². The van der Waals surface area contributed by atoms with Gasteiger partial charge in [0, 0.05) is 16.6 Å². The van der Waals surface area contributed by atoms with E-state index in [4.69, 9.17) is 0 Å². The highest BCUT2D eigenvalue weighted by Crippen LogP contribution is 2.34. The van der Waals surface area contributed by atoms with Gasteiger partial charge in [-0.05, 0) is 44.4 Å². The van der Waals surface area contributed by atoms with Crippen molar-refractivity contribution in [3.05, 3.63) is 30.3 Å². The van der Waals surface area contributed by atoms with E-state index in [9.17, 15) is 25.9 Å². The molecule has 2 rings (SSSR count). The van der Waals surface area contributed by atoms with Gasteiger partial charge in [-0.1, -0.05) is 12.1 Å². The molecule has 7 nitrogen and oxygen atoms in total. The second-order valence-corrected chi connectivity index (χ2v) is 8.96. The molecule has 2 aromatic rings. The van der Waals surface area contributed by atoms with Crippen molar-refractivity contribution in [2.45, 2.75) is 36.1 Å². The van der Waals surface area contributed by atoms with Crippen LogP contribution >= 0.6 is 0 Å². The van der Waals surface area contributed by atoms with Gasteiger partial charge >= 0.3 is 0 Å². The van der Waals surface area contributed by atoms with Crippen LogP contribution in [0, 0.1) is 0 Å². The van der Waals surface area contributed by atoms with Gasteiger partial charge in [0.15, 0.2) is 0 Å². The number of fused-ring (bicyclic) bond motifs is 1. The standard InChI is InChI=1S/C14H17NO6S2/c1-14(2,3)15-11-6-4-5-9-7-10(22(16,17)18)8-12(13(9)11)23(19,20)21/h4-8,15H,1-3H3,(H,16,17,18)(H,19,20,21). The molecule has 0 radical (unpaired) electrons. The third-order valence-corrected chi connectivity index (χ3v) is 4.71. The average Bonchev–Trinajstić information content (AvgIpc) is 2.33. The summed E-state index contributed by atoms with van der Waals surface area (Å²) < 4.78 is 64.7. The Morgan fingerprint density at radius 3 is 2.04 bits per heavy atom. The summed E-state index contributed by atoms with van der Waals surface area (Å²) in [5.74, 6) is 0. The summed E-state index contributed by atoms with van der Waals surface area (Å²) in [6.45, 7) is 5.60. The van der Waals surface area contributed by atoms with E-state index >= 15 is 0 Å². The molecule has 0 spiro atoms. The quantitative estimate of drug-likeness (QED) is 0.720. The highest BCUT2D eigenvalue weighted by molar-refractivity contribution is 7.86. The van der Waals surface area contributed by atoms with E-state index in [-0.39, 0.29) is 10.8 Å². The second-order valence-electron chi connectivity index (χ2n) is 6.15. The molecule has 0 unspecified atom stereocenters. The molecule has 0 fully saturated rings. The van der Waals surface area contributed by atoms with Crippen molar-refractivity contribution in [1.82, 2.24) is 0 Å². The minimum Gasteiger partial charge on any atom is -0.380 e. The maximum atomic E-state index is 11.7. The van der Waals surface area contributed by atoms with E-state index in [1.807, 2.05) is 20.8 Å². The second kappa shape index (κ2) is 5.45. The zero-order chi connectivity index (χ0) is 17.6. The van der Waals surface area contributed by atoms with Crippen LogP contribution in [0.2, 0.25) is 0 Å². The van der Waals surface area contributed by atoms with Crippen LogP contribution in [0.25, 0.3) is 10.8 Å². The first-order chi connectivity index (χ1) is 10.3. The molecule has 0 heterocycles. The van der Waals surface area contributed by atoms with Crippen molar-refractivity contribution >= 4 is 36.7 Å². The van der Waals surface area contributed by atoms with Gasteiger partial charge in [-0.3, -0.25) is 9.11 Å². The largest absolute Gasteiger partial charge is 0.380 e. The van der Waals surface area contributed by atoms with Gasteiger partial charge < -0.3 is 5.32 Å². The molecule has 3 N–H and O–H groups in total. The lowest BCUT2D eigenvalue weighted by Crippen LogP contribution is -2.26. The van der Waals surface area contributed by atoms with Crippen LogP contribution < -0.4 is 5.32 Å². The third kappa shape index (κ3) is 3.99. The molecule has 0 aliphatic heterocycles. The van der Waals surface area contributed by atoms with Crippen molar-refractivity contribution < 1.29 is 25.9 Å². The number of benzene rings is 2. The molecule has 0 aliphatic rings. The Kier molecular flexibility index (Phi) is 4.18. The van der Waals surface area contributed by atoms with E-state index in [1.54, 1.807) is 12.1 Å². The molecule has 0 bridgehead atoms. The Balaban J connectivity index is 2.95. The Morgan fingerprint density at radius 2 is 1.57 bits per heavy atom. The zero-order valence-corrected chi connectivity index (χ0v) is 14.4. The molecule has 0 saturated heterocycles. The van der Waals surface area contributed by atoms with E-state index < -0.39 is 35.6 Å². The van der Waals surface area contributed by atoms with Crippen molar-refractivity contribution in [2.24, 2.45) is 0 Å². The number of nitrogens with one attached hydrogen (secondary N) is 1. The zero-order valence-electron chi connectivity index (χ0n) is 12.7. The van der Waals surface area contributed by atoms with E-state index in [2.05, 4.69) is 5.32 Å². The summed E-state index contributed by atoms with van der Waals surface area (Å²) in [6.07, 6.45) is 0. The minimum atomic E-state index is -4.71. The lowest BCUT2D eigenvalue weighted by Gasteiger charge is -2.24. The summed E-state index contributed by atoms with van der Waals surface area (Å²) in [7, 11) is -9.33. The summed E-state index contributed by atoms with van der Waals surface area (Å²) >= 11 is 0. The molecule has 9 heteroatoms. The Hall–Kier alpha value is -1.68. The van der Waals surface area contributed by atoms with Crippen molar-refractivity contribution in [3.8, 4) is 0 Å². The summed E-state index contributed by atoms with van der Waals surface area (Å²) in [6, 6.07) is 6.61. The van der Waals surface area contributed by atoms with Crippen molar-refractivity contribution in [3.63, 3.8) is 0 Å². The van der Waals surface area contributed by atoms with Crippen LogP contribution in [-0.4, -0.2) is 31.5 Å². The Morgan fingerprint density at radius 1 is 0.957 bits per heavy atom. The molecule has 0 amide bonds. The smallest absolute Gasteiger partial charge is 0.295 e. The number of rotatable bonds is 3. The maximum absolute atomic E-state index is 11.7. The fraction of sp³-hybridized carbons (Fsp3) is 0.286. The summed E-state index contributed by atoms with van der Waals surface area (Å²) in [4.78, 5) is -1.19. The van der Waals surface area contributed by atoms with Gasteiger partial charge in [0.2, 0.25) is 0 Å². The maximum Gasteiger partial charge on any atom is 0.295 e. The third-order valence-electron chi connectivity index (χ3n) is 3.00. The fourth-order valence-electron chi connectivity index (χ4n) is 2.22. The molecular weight excluding hydrogens is 342 g/mol. The predicted octanol–water partition coefficient (Wildman–Crippen LogP) is 2.54. The van der Waals surface area contributed by atoms with Crippen LogP contribution in [0.1, 0.15) is 20.8 Å². The lowest BCUT2D eigenvalue weighted by molar-refractivity contribution is 0.482. The first-order valence-corrected chi connectivity index (χ1v) is 9.47. The monoisotopic (exact) mass is 359 g/mol. The van der Waals surface area contributed by atoms with Gasteiger partial charge in [0.25, 0.3) is 20.2 Å². The van der Waals surface area contributed by atoms with E-state index in [0.717, 1.165) is 12.1 Å². The van der Waals surface area contributed by atoms with Gasteiger partial charge in [0.1, 0.15) is 4.90 Å². The fourth-order valence-corrected chi connectivity index (χ4v) is 3.60. The first kappa shape index (κ1) is 17.7. The topological polar surface area (TPSA) is 121 Å². The molecular formula is C14H17NO6S2. The lowest BCUT2D eigenvalue weighted by atomic mass is 10.0. The van der Waals surface area contributed by atoms with Gasteiger partial charge in [-0.25, -0.2) is 0 Å². The van der Waals surface area contributed by atoms with Crippen LogP contribution in [-0.2, 0) is 20.2 Å². The molecule has 126 valence electrons. The van der Waals surface area contributed by atoms with Gasteiger partial charge in [0.05, 0.1) is 4.90 Å². The predicted molar refractivity (Wildman–Crippen MR) is 87.0 cm³/mol. The molecule has 2 aromatic carbocycles. The summed E-state index contributed by atoms with van der Waals surface area (Å²) in [5.41, 5.74) is 0.0245. The minimum absolute atomic E-state index is 0.150. The number of hydrogen-bond acceptors (Lipinski definition) is 5. The first-order valence-electron chi connectivity index (χ1n) is 6.59. The molecule has 0 saturated carbocycles. The van der Waals surface area contributed by atoms with Crippen molar-refractivity contribution in [1.29, 1.82) is 0 Å². The van der Waals surface area contributed by atoms with Crippen molar-refractivity contribution in [2.75, 3.05) is 5.32 Å². The van der Waals surface area contributed by atoms with Crippen LogP contribution in [0.5, 0.6) is 0 Å². The number of hydrogen-bond donors (Lipinski definition) is 3. The van der Waals surface area contributed by atoms with Crippen LogP contribution in [0.15, 0.2) is 40.1 Å².